The zero-order valence-electron chi connectivity index (χ0n) is 10.5. The number of aliphatic hydroxyl groups is 1. The quantitative estimate of drug-likeness (QED) is 0.637. The van der Waals surface area contributed by atoms with E-state index < -0.39 is 6.10 Å². The molecule has 2 heteroatoms. The predicted molar refractivity (Wildman–Crippen MR) is 68.6 cm³/mol. The van der Waals surface area contributed by atoms with Gasteiger partial charge >= 0.3 is 0 Å². The van der Waals surface area contributed by atoms with Crippen LogP contribution >= 0.6 is 0 Å². The third kappa shape index (κ3) is 3.70. The van der Waals surface area contributed by atoms with Crippen molar-refractivity contribution in [2.24, 2.45) is 0 Å². The molecule has 0 aliphatic heterocycles. The highest BCUT2D eigenvalue weighted by atomic mass is 16.3. The van der Waals surface area contributed by atoms with E-state index in [1.54, 1.807) is 13.8 Å². The Labute approximate surface area is 102 Å². The molecule has 1 rings (SSSR count). The van der Waals surface area contributed by atoms with E-state index in [-0.39, 0.29) is 5.78 Å². The predicted octanol–water partition coefficient (Wildman–Crippen LogP) is 3.19. The zero-order valence-corrected chi connectivity index (χ0v) is 10.5. The molecule has 0 fully saturated rings. The first kappa shape index (κ1) is 13.4. The summed E-state index contributed by atoms with van der Waals surface area (Å²) in [6.07, 6.45) is -0.233. The normalized spacial score (nSPS) is 11.5. The Hall–Kier alpha value is -1.63. The standard InChI is InChI=1S/C15H18O2/c1-4-14(16)11(2)10-12(3)15(17)13-8-6-5-7-9-13/h5-9,15,17H,4H2,1-3H3. The van der Waals surface area contributed by atoms with Crippen molar-refractivity contribution in [1.29, 1.82) is 0 Å². The minimum absolute atomic E-state index is 0.0598. The van der Waals surface area contributed by atoms with Crippen molar-refractivity contribution in [3.05, 3.63) is 52.8 Å². The van der Waals surface area contributed by atoms with Gasteiger partial charge in [-0.1, -0.05) is 37.3 Å². The maximum Gasteiger partial charge on any atom is 0.165 e. The van der Waals surface area contributed by atoms with Crippen LogP contribution in [0.1, 0.15) is 38.9 Å². The van der Waals surface area contributed by atoms with Gasteiger partial charge in [0.05, 0.1) is 0 Å². The molecule has 0 radical (unpaired) electrons. The fraction of sp³-hybridized carbons (Fsp3) is 0.333. The van der Waals surface area contributed by atoms with Crippen LogP contribution in [0.25, 0.3) is 0 Å². The summed E-state index contributed by atoms with van der Waals surface area (Å²) in [6, 6.07) is 9.36. The van der Waals surface area contributed by atoms with Crippen molar-refractivity contribution in [2.75, 3.05) is 0 Å². The molecule has 90 valence electrons. The van der Waals surface area contributed by atoms with E-state index in [1.807, 2.05) is 37.3 Å². The third-order valence-electron chi connectivity index (χ3n) is 2.65. The van der Waals surface area contributed by atoms with Crippen molar-refractivity contribution >= 4 is 5.78 Å². The van der Waals surface area contributed by atoms with Gasteiger partial charge in [-0.05, 0) is 19.4 Å². The van der Waals surface area contributed by atoms with E-state index in [9.17, 15) is 9.90 Å². The van der Waals surface area contributed by atoms with Crippen molar-refractivity contribution in [1.82, 2.24) is 0 Å². The van der Waals surface area contributed by atoms with Crippen LogP contribution in [-0.4, -0.2) is 10.9 Å². The molecule has 0 saturated carbocycles. The van der Waals surface area contributed by atoms with E-state index in [0.717, 1.165) is 5.56 Å². The Balaban J connectivity index is 3.01. The van der Waals surface area contributed by atoms with Gasteiger partial charge in [-0.2, -0.15) is 0 Å². The average Bonchev–Trinajstić information content (AvgIpc) is 2.37. The number of Topliss-reactive ketones (excluding diaryl/α,β-unsaturated/α-hetero) is 1. The molecule has 1 aromatic carbocycles. The van der Waals surface area contributed by atoms with Gasteiger partial charge in [-0.3, -0.25) is 4.79 Å². The molecule has 1 atom stereocenters. The Morgan fingerprint density at radius 2 is 1.88 bits per heavy atom. The number of hydrogen-bond donors (Lipinski definition) is 1. The van der Waals surface area contributed by atoms with E-state index in [0.29, 0.717) is 17.6 Å². The lowest BCUT2D eigenvalue weighted by Gasteiger charge is -2.09. The lowest BCUT2D eigenvalue weighted by molar-refractivity contribution is -0.115. The van der Waals surface area contributed by atoms with Gasteiger partial charge in [0.25, 0.3) is 0 Å². The van der Waals surface area contributed by atoms with Crippen LogP contribution in [0.15, 0.2) is 47.2 Å². The molecule has 0 saturated heterocycles. The van der Waals surface area contributed by atoms with Gasteiger partial charge in [-0.15, -0.1) is 5.73 Å². The largest absolute Gasteiger partial charge is 0.383 e. The number of rotatable bonds is 4. The minimum atomic E-state index is -0.698. The van der Waals surface area contributed by atoms with Crippen LogP contribution in [0.4, 0.5) is 0 Å². The van der Waals surface area contributed by atoms with Gasteiger partial charge in [0.15, 0.2) is 5.78 Å². The summed E-state index contributed by atoms with van der Waals surface area (Å²) in [5, 5.41) is 10.1. The maximum absolute atomic E-state index is 11.4. The fourth-order valence-corrected chi connectivity index (χ4v) is 1.58. The highest BCUT2D eigenvalue weighted by molar-refractivity contribution is 5.94. The highest BCUT2D eigenvalue weighted by Gasteiger charge is 2.09. The molecule has 1 N–H and O–H groups in total. The summed E-state index contributed by atoms with van der Waals surface area (Å²) in [5.74, 6) is 0.0598. The monoisotopic (exact) mass is 230 g/mol. The van der Waals surface area contributed by atoms with Crippen LogP contribution < -0.4 is 0 Å². The Kier molecular flexibility index (Phi) is 4.89. The molecule has 0 bridgehead atoms. The van der Waals surface area contributed by atoms with Gasteiger partial charge in [0.1, 0.15) is 6.10 Å². The summed E-state index contributed by atoms with van der Waals surface area (Å²) in [4.78, 5) is 11.4. The second-order valence-electron chi connectivity index (χ2n) is 4.02. The summed E-state index contributed by atoms with van der Waals surface area (Å²) in [5.41, 5.74) is 5.01. The number of carbonyl (C=O) groups excluding carboxylic acids is 1. The van der Waals surface area contributed by atoms with Crippen molar-refractivity contribution in [2.45, 2.75) is 33.3 Å². The summed E-state index contributed by atoms with van der Waals surface area (Å²) in [6.45, 7) is 5.33. The second-order valence-corrected chi connectivity index (χ2v) is 4.02. The summed E-state index contributed by atoms with van der Waals surface area (Å²) < 4.78 is 0. The topological polar surface area (TPSA) is 37.3 Å². The van der Waals surface area contributed by atoms with Gasteiger partial charge < -0.3 is 5.11 Å². The molecule has 0 aromatic heterocycles. The number of carbonyl (C=O) groups is 1. The Morgan fingerprint density at radius 3 is 2.41 bits per heavy atom. The van der Waals surface area contributed by atoms with E-state index in [1.165, 1.54) is 0 Å². The lowest BCUT2D eigenvalue weighted by atomic mass is 10.0. The van der Waals surface area contributed by atoms with Crippen LogP contribution in [0.3, 0.4) is 0 Å². The van der Waals surface area contributed by atoms with E-state index in [4.69, 9.17) is 0 Å². The molecule has 0 aliphatic rings. The molecule has 0 heterocycles. The summed E-state index contributed by atoms with van der Waals surface area (Å²) >= 11 is 0. The number of aliphatic hydroxyl groups excluding tert-OH is 1. The smallest absolute Gasteiger partial charge is 0.165 e. The molecule has 2 nitrogen and oxygen atoms in total. The summed E-state index contributed by atoms with van der Waals surface area (Å²) in [7, 11) is 0. The van der Waals surface area contributed by atoms with Gasteiger partial charge in [0.2, 0.25) is 0 Å². The maximum atomic E-state index is 11.4. The molecular formula is C15H18O2. The Bertz CT molecular complexity index is 451. The molecule has 0 spiro atoms. The van der Waals surface area contributed by atoms with Gasteiger partial charge in [-0.25, -0.2) is 0 Å². The molecule has 1 unspecified atom stereocenters. The average molecular weight is 230 g/mol. The number of ketones is 1. The van der Waals surface area contributed by atoms with E-state index in [2.05, 4.69) is 5.73 Å². The first-order valence-corrected chi connectivity index (χ1v) is 5.76. The Morgan fingerprint density at radius 1 is 1.29 bits per heavy atom. The molecule has 1 aromatic rings. The van der Waals surface area contributed by atoms with Crippen LogP contribution in [0, 0.1) is 0 Å². The number of hydrogen-bond acceptors (Lipinski definition) is 2. The van der Waals surface area contributed by atoms with Crippen LogP contribution in [-0.2, 0) is 4.79 Å². The first-order valence-electron chi connectivity index (χ1n) is 5.76. The molecule has 0 amide bonds. The second kappa shape index (κ2) is 6.19. The van der Waals surface area contributed by atoms with Crippen LogP contribution in [0.2, 0.25) is 0 Å². The molecular weight excluding hydrogens is 212 g/mol. The third-order valence-corrected chi connectivity index (χ3v) is 2.65. The minimum Gasteiger partial charge on any atom is -0.383 e. The van der Waals surface area contributed by atoms with Gasteiger partial charge in [0, 0.05) is 17.6 Å². The number of benzene rings is 1. The fourth-order valence-electron chi connectivity index (χ4n) is 1.58. The first-order chi connectivity index (χ1) is 8.06. The van der Waals surface area contributed by atoms with Crippen molar-refractivity contribution < 1.29 is 9.90 Å². The lowest BCUT2D eigenvalue weighted by Crippen LogP contribution is -2.00. The van der Waals surface area contributed by atoms with Crippen molar-refractivity contribution in [3.8, 4) is 0 Å². The molecule has 17 heavy (non-hydrogen) atoms. The van der Waals surface area contributed by atoms with Crippen molar-refractivity contribution in [3.63, 3.8) is 0 Å². The molecule has 0 aliphatic carbocycles. The zero-order chi connectivity index (χ0) is 12.8. The van der Waals surface area contributed by atoms with Crippen LogP contribution in [0.5, 0.6) is 0 Å². The SMILES string of the molecule is CCC(=O)C(C)=C=C(C)C(O)c1ccccc1. The van der Waals surface area contributed by atoms with E-state index >= 15 is 0 Å². The highest BCUT2D eigenvalue weighted by Crippen LogP contribution is 2.20.